The van der Waals surface area contributed by atoms with E-state index in [9.17, 15) is 4.79 Å². The van der Waals surface area contributed by atoms with Gasteiger partial charge >= 0.3 is 6.03 Å². The number of nitrogens with two attached hydrogens (primary N) is 1. The summed E-state index contributed by atoms with van der Waals surface area (Å²) in [5.74, 6) is 7.02. The summed E-state index contributed by atoms with van der Waals surface area (Å²) in [5, 5.41) is 1.25. The maximum absolute atomic E-state index is 11.8. The Morgan fingerprint density at radius 1 is 1.20 bits per heavy atom. The number of hydrogen-bond donors (Lipinski definition) is 1. The fourth-order valence-corrected chi connectivity index (χ4v) is 2.12. The van der Waals surface area contributed by atoms with E-state index in [1.807, 2.05) is 31.2 Å². The van der Waals surface area contributed by atoms with Crippen molar-refractivity contribution in [2.24, 2.45) is 5.84 Å². The lowest BCUT2D eigenvalue weighted by Gasteiger charge is -2.32. The minimum Gasteiger partial charge on any atom is -0.490 e. The van der Waals surface area contributed by atoms with Gasteiger partial charge in [-0.05, 0) is 25.5 Å². The molecular weight excluding hydrogens is 258 g/mol. The van der Waals surface area contributed by atoms with Gasteiger partial charge < -0.3 is 14.4 Å². The molecule has 20 heavy (non-hydrogen) atoms. The Kier molecular flexibility index (Phi) is 5.06. The number of ether oxygens (including phenoxy) is 2. The first-order valence-electron chi connectivity index (χ1n) is 6.88. The van der Waals surface area contributed by atoms with E-state index in [1.165, 1.54) is 5.01 Å². The van der Waals surface area contributed by atoms with Gasteiger partial charge in [-0.3, -0.25) is 5.01 Å². The Morgan fingerprint density at radius 2 is 1.90 bits per heavy atom. The van der Waals surface area contributed by atoms with Crippen molar-refractivity contribution in [3.8, 4) is 11.5 Å². The van der Waals surface area contributed by atoms with Crippen LogP contribution in [0.25, 0.3) is 0 Å². The fraction of sp³-hybridized carbons (Fsp3) is 0.500. The molecule has 0 bridgehead atoms. The number of benzene rings is 1. The molecule has 0 aromatic heterocycles. The van der Waals surface area contributed by atoms with Crippen molar-refractivity contribution in [2.45, 2.75) is 13.3 Å². The summed E-state index contributed by atoms with van der Waals surface area (Å²) < 4.78 is 11.2. The average molecular weight is 279 g/mol. The van der Waals surface area contributed by atoms with E-state index in [0.717, 1.165) is 18.7 Å². The van der Waals surface area contributed by atoms with Gasteiger partial charge in [0, 0.05) is 13.1 Å². The Balaban J connectivity index is 1.85. The van der Waals surface area contributed by atoms with Gasteiger partial charge in [-0.1, -0.05) is 12.1 Å². The van der Waals surface area contributed by atoms with E-state index < -0.39 is 0 Å². The normalized spacial score (nSPS) is 15.4. The van der Waals surface area contributed by atoms with Crippen LogP contribution in [0, 0.1) is 0 Å². The number of nitrogens with zero attached hydrogens (tertiary/aromatic N) is 2. The zero-order valence-corrected chi connectivity index (χ0v) is 11.7. The molecule has 0 aliphatic carbocycles. The molecule has 0 atom stereocenters. The van der Waals surface area contributed by atoms with Crippen LogP contribution in [0.15, 0.2) is 24.3 Å². The molecule has 2 N–H and O–H groups in total. The minimum absolute atomic E-state index is 0.141. The number of hydrazine groups is 1. The molecule has 2 amide bonds. The molecule has 1 aromatic rings. The highest BCUT2D eigenvalue weighted by molar-refractivity contribution is 5.74. The predicted molar refractivity (Wildman–Crippen MR) is 75.6 cm³/mol. The molecule has 0 unspecified atom stereocenters. The van der Waals surface area contributed by atoms with Crippen LogP contribution >= 0.6 is 0 Å². The van der Waals surface area contributed by atoms with Gasteiger partial charge in [0.05, 0.1) is 13.2 Å². The molecule has 110 valence electrons. The van der Waals surface area contributed by atoms with Crippen molar-refractivity contribution >= 4 is 6.03 Å². The maximum Gasteiger partial charge on any atom is 0.334 e. The number of urea groups is 1. The molecular formula is C14H21N3O3. The summed E-state index contributed by atoms with van der Waals surface area (Å²) in [6.45, 7) is 4.80. The largest absolute Gasteiger partial charge is 0.490 e. The van der Waals surface area contributed by atoms with Crippen molar-refractivity contribution in [1.29, 1.82) is 0 Å². The smallest absolute Gasteiger partial charge is 0.334 e. The molecule has 1 aromatic carbocycles. The summed E-state index contributed by atoms with van der Waals surface area (Å²) in [6.07, 6.45) is 0.887. The van der Waals surface area contributed by atoms with Crippen LogP contribution in [0.1, 0.15) is 13.3 Å². The third kappa shape index (κ3) is 3.54. The summed E-state index contributed by atoms with van der Waals surface area (Å²) >= 11 is 0. The fourth-order valence-electron chi connectivity index (χ4n) is 2.12. The SMILES string of the molecule is CCOc1ccccc1OCCN1CCCN(N)C1=O. The molecule has 1 aliphatic rings. The molecule has 1 saturated heterocycles. The second-order valence-electron chi connectivity index (χ2n) is 4.54. The number of para-hydroxylation sites is 2. The summed E-state index contributed by atoms with van der Waals surface area (Å²) in [5.41, 5.74) is 0. The van der Waals surface area contributed by atoms with E-state index in [1.54, 1.807) is 4.90 Å². The molecule has 1 heterocycles. The summed E-state index contributed by atoms with van der Waals surface area (Å²) in [4.78, 5) is 13.5. The maximum atomic E-state index is 11.8. The van der Waals surface area contributed by atoms with E-state index in [2.05, 4.69) is 0 Å². The third-order valence-electron chi connectivity index (χ3n) is 3.11. The van der Waals surface area contributed by atoms with Crippen LogP contribution in [-0.2, 0) is 0 Å². The zero-order valence-electron chi connectivity index (χ0n) is 11.7. The van der Waals surface area contributed by atoms with Gasteiger partial charge in [0.1, 0.15) is 6.61 Å². The number of carbonyl (C=O) groups is 1. The molecule has 6 heteroatoms. The lowest BCUT2D eigenvalue weighted by molar-refractivity contribution is 0.120. The lowest BCUT2D eigenvalue weighted by atomic mass is 10.3. The second kappa shape index (κ2) is 7.00. The molecule has 0 saturated carbocycles. The van der Waals surface area contributed by atoms with Crippen molar-refractivity contribution in [3.05, 3.63) is 24.3 Å². The summed E-state index contributed by atoms with van der Waals surface area (Å²) in [6, 6.07) is 7.38. The van der Waals surface area contributed by atoms with Crippen LogP contribution < -0.4 is 15.3 Å². The Hall–Kier alpha value is -1.95. The predicted octanol–water partition coefficient (Wildman–Crippen LogP) is 1.47. The van der Waals surface area contributed by atoms with E-state index >= 15 is 0 Å². The first kappa shape index (κ1) is 14.5. The number of hydrogen-bond acceptors (Lipinski definition) is 4. The van der Waals surface area contributed by atoms with Gasteiger partial charge in [-0.2, -0.15) is 0 Å². The highest BCUT2D eigenvalue weighted by atomic mass is 16.5. The monoisotopic (exact) mass is 279 g/mol. The molecule has 2 rings (SSSR count). The quantitative estimate of drug-likeness (QED) is 0.632. The number of carbonyl (C=O) groups excluding carboxylic acids is 1. The molecule has 6 nitrogen and oxygen atoms in total. The molecule has 0 spiro atoms. The highest BCUT2D eigenvalue weighted by Gasteiger charge is 2.22. The van der Waals surface area contributed by atoms with Gasteiger partial charge in [0.15, 0.2) is 11.5 Å². The van der Waals surface area contributed by atoms with E-state index in [4.69, 9.17) is 15.3 Å². The van der Waals surface area contributed by atoms with Crippen LogP contribution in [0.2, 0.25) is 0 Å². The van der Waals surface area contributed by atoms with Crippen molar-refractivity contribution < 1.29 is 14.3 Å². The summed E-state index contributed by atoms with van der Waals surface area (Å²) in [7, 11) is 0. The number of rotatable bonds is 6. The second-order valence-corrected chi connectivity index (χ2v) is 4.54. The molecule has 0 radical (unpaired) electrons. The van der Waals surface area contributed by atoms with Crippen molar-refractivity contribution in [1.82, 2.24) is 9.91 Å². The highest BCUT2D eigenvalue weighted by Crippen LogP contribution is 2.26. The average Bonchev–Trinajstić information content (AvgIpc) is 2.45. The van der Waals surface area contributed by atoms with Crippen molar-refractivity contribution in [2.75, 3.05) is 32.8 Å². The molecule has 1 fully saturated rings. The first-order valence-corrected chi connectivity index (χ1v) is 6.88. The molecule has 1 aliphatic heterocycles. The van der Waals surface area contributed by atoms with Crippen molar-refractivity contribution in [3.63, 3.8) is 0 Å². The topological polar surface area (TPSA) is 68.0 Å². The van der Waals surface area contributed by atoms with Crippen LogP contribution in [0.5, 0.6) is 11.5 Å². The van der Waals surface area contributed by atoms with Gasteiger partial charge in [-0.25, -0.2) is 10.6 Å². The number of amides is 2. The Bertz CT molecular complexity index is 453. The van der Waals surface area contributed by atoms with Gasteiger partial charge in [0.2, 0.25) is 0 Å². The standard InChI is InChI=1S/C14H21N3O3/c1-2-19-12-6-3-4-7-13(12)20-11-10-16-8-5-9-17(15)14(16)18/h3-4,6-7H,2,5,8-11,15H2,1H3. The van der Waals surface area contributed by atoms with Gasteiger partial charge in [-0.15, -0.1) is 0 Å². The van der Waals surface area contributed by atoms with E-state index in [-0.39, 0.29) is 6.03 Å². The first-order chi connectivity index (χ1) is 9.72. The van der Waals surface area contributed by atoms with E-state index in [0.29, 0.717) is 32.1 Å². The Morgan fingerprint density at radius 3 is 2.60 bits per heavy atom. The third-order valence-corrected chi connectivity index (χ3v) is 3.11. The van der Waals surface area contributed by atoms with Crippen LogP contribution in [0.3, 0.4) is 0 Å². The van der Waals surface area contributed by atoms with Gasteiger partial charge in [0.25, 0.3) is 0 Å². The minimum atomic E-state index is -0.141. The van der Waals surface area contributed by atoms with Crippen LogP contribution in [-0.4, -0.2) is 48.8 Å². The Labute approximate surface area is 119 Å². The van der Waals surface area contributed by atoms with Crippen LogP contribution in [0.4, 0.5) is 4.79 Å². The zero-order chi connectivity index (χ0) is 14.4. The lowest BCUT2D eigenvalue weighted by Crippen LogP contribution is -2.53.